The molecule has 3 nitrogen and oxygen atoms in total. The van der Waals surface area contributed by atoms with E-state index in [9.17, 15) is 4.79 Å². The molecular formula is C12H12O3. The smallest absolute Gasteiger partial charge is 0.371 e. The Hall–Kier alpha value is -1.77. The van der Waals surface area contributed by atoms with Crippen LogP contribution in [-0.2, 0) is 0 Å². The van der Waals surface area contributed by atoms with Crippen LogP contribution < -0.4 is 0 Å². The van der Waals surface area contributed by atoms with E-state index in [1.54, 1.807) is 6.07 Å². The summed E-state index contributed by atoms with van der Waals surface area (Å²) < 4.78 is 5.16. The van der Waals surface area contributed by atoms with Crippen LogP contribution in [0.4, 0.5) is 0 Å². The predicted octanol–water partition coefficient (Wildman–Crippen LogP) is 3.25. The van der Waals surface area contributed by atoms with Gasteiger partial charge in [-0.1, -0.05) is 19.9 Å². The topological polar surface area (TPSA) is 50.4 Å². The molecule has 1 aromatic carbocycles. The van der Waals surface area contributed by atoms with E-state index < -0.39 is 5.97 Å². The summed E-state index contributed by atoms with van der Waals surface area (Å²) in [5.41, 5.74) is 1.80. The van der Waals surface area contributed by atoms with Crippen molar-refractivity contribution < 1.29 is 14.3 Å². The van der Waals surface area contributed by atoms with Crippen LogP contribution in [0.1, 0.15) is 35.9 Å². The van der Waals surface area contributed by atoms with Gasteiger partial charge < -0.3 is 9.52 Å². The monoisotopic (exact) mass is 204 g/mol. The molecule has 2 aromatic rings. The first-order chi connectivity index (χ1) is 7.08. The molecule has 0 radical (unpaired) electrons. The molecule has 2 rings (SSSR count). The first kappa shape index (κ1) is 9.77. The highest BCUT2D eigenvalue weighted by Crippen LogP contribution is 2.24. The summed E-state index contributed by atoms with van der Waals surface area (Å²) in [5, 5.41) is 9.62. The van der Waals surface area contributed by atoms with Crippen molar-refractivity contribution in [2.75, 3.05) is 0 Å². The molecule has 0 amide bonds. The van der Waals surface area contributed by atoms with Crippen molar-refractivity contribution in [3.63, 3.8) is 0 Å². The highest BCUT2D eigenvalue weighted by molar-refractivity contribution is 5.91. The Morgan fingerprint density at radius 1 is 1.33 bits per heavy atom. The molecule has 1 aromatic heterocycles. The van der Waals surface area contributed by atoms with E-state index in [1.807, 2.05) is 18.2 Å². The SMILES string of the molecule is CC(C)c1ccc2oc(C(=O)O)cc2c1. The van der Waals surface area contributed by atoms with Gasteiger partial charge in [0.05, 0.1) is 0 Å². The summed E-state index contributed by atoms with van der Waals surface area (Å²) in [6.07, 6.45) is 0. The molecule has 15 heavy (non-hydrogen) atoms. The van der Waals surface area contributed by atoms with Crippen LogP contribution in [0.15, 0.2) is 28.7 Å². The maximum atomic E-state index is 10.7. The zero-order valence-electron chi connectivity index (χ0n) is 8.65. The van der Waals surface area contributed by atoms with Gasteiger partial charge in [-0.2, -0.15) is 0 Å². The Kier molecular flexibility index (Phi) is 2.23. The molecule has 0 aliphatic heterocycles. The maximum Gasteiger partial charge on any atom is 0.371 e. The van der Waals surface area contributed by atoms with Gasteiger partial charge in [0.2, 0.25) is 5.76 Å². The predicted molar refractivity (Wildman–Crippen MR) is 57.3 cm³/mol. The molecule has 0 fully saturated rings. The summed E-state index contributed by atoms with van der Waals surface area (Å²) in [4.78, 5) is 10.7. The van der Waals surface area contributed by atoms with Gasteiger partial charge in [-0.25, -0.2) is 4.79 Å². The Morgan fingerprint density at radius 2 is 2.07 bits per heavy atom. The van der Waals surface area contributed by atoms with Crippen LogP contribution in [-0.4, -0.2) is 11.1 Å². The van der Waals surface area contributed by atoms with Crippen molar-refractivity contribution >= 4 is 16.9 Å². The number of benzene rings is 1. The number of carboxylic acids is 1. The normalized spacial score (nSPS) is 11.1. The Morgan fingerprint density at radius 3 is 2.67 bits per heavy atom. The Bertz CT molecular complexity index is 509. The van der Waals surface area contributed by atoms with Crippen LogP contribution in [0.25, 0.3) is 11.0 Å². The number of furan rings is 1. The number of fused-ring (bicyclic) bond motifs is 1. The van der Waals surface area contributed by atoms with Gasteiger partial charge in [-0.15, -0.1) is 0 Å². The number of hydrogen-bond acceptors (Lipinski definition) is 2. The number of hydrogen-bond donors (Lipinski definition) is 1. The van der Waals surface area contributed by atoms with Crippen LogP contribution in [0, 0.1) is 0 Å². The standard InChI is InChI=1S/C12H12O3/c1-7(2)8-3-4-10-9(5-8)6-11(15-10)12(13)14/h3-7H,1-2H3,(H,13,14). The molecule has 0 saturated carbocycles. The zero-order chi connectivity index (χ0) is 11.0. The molecule has 0 aliphatic rings. The second kappa shape index (κ2) is 3.42. The minimum atomic E-state index is -1.03. The third-order valence-corrected chi connectivity index (χ3v) is 2.42. The Labute approximate surface area is 87.3 Å². The van der Waals surface area contributed by atoms with E-state index >= 15 is 0 Å². The molecule has 0 unspecified atom stereocenters. The summed E-state index contributed by atoms with van der Waals surface area (Å²) in [7, 11) is 0. The first-order valence-corrected chi connectivity index (χ1v) is 4.84. The second-order valence-corrected chi connectivity index (χ2v) is 3.87. The van der Waals surface area contributed by atoms with Crippen LogP contribution in [0.2, 0.25) is 0 Å². The number of carboxylic acid groups (broad SMARTS) is 1. The summed E-state index contributed by atoms with van der Waals surface area (Å²) in [6.45, 7) is 4.19. The molecule has 1 N–H and O–H groups in total. The quantitative estimate of drug-likeness (QED) is 0.816. The fourth-order valence-electron chi connectivity index (χ4n) is 1.53. The average Bonchev–Trinajstić information content (AvgIpc) is 2.59. The zero-order valence-corrected chi connectivity index (χ0v) is 8.65. The highest BCUT2D eigenvalue weighted by atomic mass is 16.4. The fraction of sp³-hybridized carbons (Fsp3) is 0.250. The minimum Gasteiger partial charge on any atom is -0.475 e. The third kappa shape index (κ3) is 1.73. The lowest BCUT2D eigenvalue weighted by atomic mass is 10.0. The van der Waals surface area contributed by atoms with Crippen molar-refractivity contribution in [3.05, 3.63) is 35.6 Å². The van der Waals surface area contributed by atoms with Gasteiger partial charge in [0, 0.05) is 5.39 Å². The maximum absolute atomic E-state index is 10.7. The number of carbonyl (C=O) groups is 1. The molecular weight excluding hydrogens is 192 g/mol. The molecule has 78 valence electrons. The largest absolute Gasteiger partial charge is 0.475 e. The van der Waals surface area contributed by atoms with E-state index in [0.717, 1.165) is 5.39 Å². The highest BCUT2D eigenvalue weighted by Gasteiger charge is 2.11. The minimum absolute atomic E-state index is 0.00842. The van der Waals surface area contributed by atoms with Crippen LogP contribution in [0.3, 0.4) is 0 Å². The first-order valence-electron chi connectivity index (χ1n) is 4.84. The molecule has 3 heteroatoms. The van der Waals surface area contributed by atoms with Gasteiger partial charge in [-0.3, -0.25) is 0 Å². The molecule has 1 heterocycles. The van der Waals surface area contributed by atoms with Crippen molar-refractivity contribution in [1.29, 1.82) is 0 Å². The number of rotatable bonds is 2. The van der Waals surface area contributed by atoms with Gasteiger partial charge in [0.15, 0.2) is 0 Å². The van der Waals surface area contributed by atoms with Crippen molar-refractivity contribution in [2.45, 2.75) is 19.8 Å². The van der Waals surface area contributed by atoms with Gasteiger partial charge >= 0.3 is 5.97 Å². The van der Waals surface area contributed by atoms with Crippen molar-refractivity contribution in [2.24, 2.45) is 0 Å². The molecule has 0 atom stereocenters. The van der Waals surface area contributed by atoms with E-state index in [1.165, 1.54) is 5.56 Å². The lowest BCUT2D eigenvalue weighted by Crippen LogP contribution is -1.91. The van der Waals surface area contributed by atoms with Crippen LogP contribution in [0.5, 0.6) is 0 Å². The molecule has 0 saturated heterocycles. The molecule has 0 bridgehead atoms. The van der Waals surface area contributed by atoms with E-state index in [0.29, 0.717) is 11.5 Å². The van der Waals surface area contributed by atoms with Crippen LogP contribution >= 0.6 is 0 Å². The van der Waals surface area contributed by atoms with E-state index in [4.69, 9.17) is 9.52 Å². The lowest BCUT2D eigenvalue weighted by molar-refractivity contribution is 0.0665. The van der Waals surface area contributed by atoms with Crippen molar-refractivity contribution in [1.82, 2.24) is 0 Å². The molecule has 0 aliphatic carbocycles. The average molecular weight is 204 g/mol. The summed E-state index contributed by atoms with van der Waals surface area (Å²) in [6, 6.07) is 7.30. The van der Waals surface area contributed by atoms with Gasteiger partial charge in [-0.05, 0) is 29.7 Å². The van der Waals surface area contributed by atoms with E-state index in [2.05, 4.69) is 13.8 Å². The van der Waals surface area contributed by atoms with Gasteiger partial charge in [0.25, 0.3) is 0 Å². The second-order valence-electron chi connectivity index (χ2n) is 3.87. The molecule has 0 spiro atoms. The van der Waals surface area contributed by atoms with E-state index in [-0.39, 0.29) is 5.76 Å². The summed E-state index contributed by atoms with van der Waals surface area (Å²) >= 11 is 0. The fourth-order valence-corrected chi connectivity index (χ4v) is 1.53. The van der Waals surface area contributed by atoms with Gasteiger partial charge in [0.1, 0.15) is 5.58 Å². The third-order valence-electron chi connectivity index (χ3n) is 2.42. The van der Waals surface area contributed by atoms with Crippen molar-refractivity contribution in [3.8, 4) is 0 Å². The lowest BCUT2D eigenvalue weighted by Gasteiger charge is -2.03. The number of aromatic carboxylic acids is 1. The Balaban J connectivity index is 2.57. The summed E-state index contributed by atoms with van der Waals surface area (Å²) in [5.74, 6) is -0.610.